The Morgan fingerprint density at radius 3 is 1.11 bits per heavy atom. The Kier molecular flexibility index (Phi) is 8.44. The second-order valence-electron chi connectivity index (χ2n) is 12.7. The average molecular weight is 599 g/mol. The van der Waals surface area contributed by atoms with Crippen molar-refractivity contribution in [3.8, 4) is 0 Å². The molecule has 0 radical (unpaired) electrons. The van der Waals surface area contributed by atoms with E-state index in [2.05, 4.69) is 181 Å². The standard InChI is InChI=1S/C44H42N2/c1-34-16-10-12-22-42(34)45(38-18-6-3-7-19-38)40-28-24-36(25-29-40)44(32-14-5-15-33-44)37-26-30-41(31-27-37)46(39-20-8-4-9-21-39)43-23-13-11-17-35(43)2/h3-4,6-13,16-31H,5,14-15,32-33H2,1-2H3. The van der Waals surface area contributed by atoms with E-state index in [1.807, 2.05) is 0 Å². The number of hydrogen-bond acceptors (Lipinski definition) is 2. The highest BCUT2D eigenvalue weighted by Crippen LogP contribution is 2.47. The summed E-state index contributed by atoms with van der Waals surface area (Å²) in [7, 11) is 0. The van der Waals surface area contributed by atoms with E-state index in [1.54, 1.807) is 0 Å². The number of benzene rings is 6. The van der Waals surface area contributed by atoms with Crippen molar-refractivity contribution in [1.29, 1.82) is 0 Å². The second-order valence-corrected chi connectivity index (χ2v) is 12.7. The normalized spacial score (nSPS) is 14.0. The van der Waals surface area contributed by atoms with Crippen molar-refractivity contribution in [3.05, 3.63) is 180 Å². The maximum absolute atomic E-state index is 2.40. The minimum atomic E-state index is 0.00971. The Balaban J connectivity index is 1.27. The maximum atomic E-state index is 2.40. The first-order chi connectivity index (χ1) is 22.6. The van der Waals surface area contributed by atoms with Crippen LogP contribution >= 0.6 is 0 Å². The summed E-state index contributed by atoms with van der Waals surface area (Å²) >= 11 is 0. The van der Waals surface area contributed by atoms with Gasteiger partial charge in [-0.3, -0.25) is 0 Å². The molecule has 46 heavy (non-hydrogen) atoms. The number of hydrogen-bond donors (Lipinski definition) is 0. The van der Waals surface area contributed by atoms with Crippen molar-refractivity contribution in [1.82, 2.24) is 0 Å². The molecule has 1 fully saturated rings. The van der Waals surface area contributed by atoms with Crippen LogP contribution in [0.4, 0.5) is 34.1 Å². The molecule has 2 heteroatoms. The van der Waals surface area contributed by atoms with E-state index in [0.29, 0.717) is 0 Å². The first-order valence-electron chi connectivity index (χ1n) is 16.7. The number of anilines is 6. The fraction of sp³-hybridized carbons (Fsp3) is 0.182. The smallest absolute Gasteiger partial charge is 0.0490 e. The zero-order valence-corrected chi connectivity index (χ0v) is 26.9. The van der Waals surface area contributed by atoms with E-state index in [9.17, 15) is 0 Å². The predicted octanol–water partition coefficient (Wildman–Crippen LogP) is 12.5. The molecule has 1 saturated carbocycles. The van der Waals surface area contributed by atoms with Gasteiger partial charge < -0.3 is 9.80 Å². The Morgan fingerprint density at radius 1 is 0.370 bits per heavy atom. The van der Waals surface area contributed by atoms with Crippen LogP contribution in [0.2, 0.25) is 0 Å². The molecule has 1 aliphatic carbocycles. The van der Waals surface area contributed by atoms with E-state index in [0.717, 1.165) is 0 Å². The summed E-state index contributed by atoms with van der Waals surface area (Å²) in [5.74, 6) is 0. The molecule has 228 valence electrons. The van der Waals surface area contributed by atoms with Crippen LogP contribution in [0, 0.1) is 13.8 Å². The Hall–Kier alpha value is -5.08. The van der Waals surface area contributed by atoms with Gasteiger partial charge in [0, 0.05) is 39.5 Å². The van der Waals surface area contributed by atoms with Crippen molar-refractivity contribution in [3.63, 3.8) is 0 Å². The lowest BCUT2D eigenvalue weighted by Crippen LogP contribution is -2.30. The van der Waals surface area contributed by atoms with Gasteiger partial charge in [0.05, 0.1) is 0 Å². The van der Waals surface area contributed by atoms with Crippen LogP contribution in [0.25, 0.3) is 0 Å². The van der Waals surface area contributed by atoms with Gasteiger partial charge in [-0.15, -0.1) is 0 Å². The largest absolute Gasteiger partial charge is 0.310 e. The summed E-state index contributed by atoms with van der Waals surface area (Å²) in [6.45, 7) is 4.39. The third-order valence-electron chi connectivity index (χ3n) is 9.80. The molecular formula is C44H42N2. The molecule has 0 bridgehead atoms. The molecule has 0 spiro atoms. The fourth-order valence-corrected chi connectivity index (χ4v) is 7.40. The molecule has 0 unspecified atom stereocenters. The van der Waals surface area contributed by atoms with Gasteiger partial charge in [-0.25, -0.2) is 0 Å². The minimum absolute atomic E-state index is 0.00971. The summed E-state index contributed by atoms with van der Waals surface area (Å²) in [4.78, 5) is 4.76. The number of nitrogens with zero attached hydrogens (tertiary/aromatic N) is 2. The topological polar surface area (TPSA) is 6.48 Å². The summed E-state index contributed by atoms with van der Waals surface area (Å²) < 4.78 is 0. The summed E-state index contributed by atoms with van der Waals surface area (Å²) in [5, 5.41) is 0. The number of rotatable bonds is 8. The SMILES string of the molecule is Cc1ccccc1N(c1ccccc1)c1ccc(C2(c3ccc(N(c4ccccc4)c4ccccc4C)cc3)CCCCC2)cc1. The van der Waals surface area contributed by atoms with Crippen molar-refractivity contribution in [2.75, 3.05) is 9.80 Å². The van der Waals surface area contributed by atoms with E-state index >= 15 is 0 Å². The lowest BCUT2D eigenvalue weighted by atomic mass is 9.65. The van der Waals surface area contributed by atoms with Gasteiger partial charge in [0.1, 0.15) is 0 Å². The summed E-state index contributed by atoms with van der Waals surface area (Å²) in [6, 6.07) is 57.6. The molecule has 2 nitrogen and oxygen atoms in total. The molecule has 6 aromatic rings. The second kappa shape index (κ2) is 13.1. The maximum Gasteiger partial charge on any atom is 0.0490 e. The molecule has 0 aromatic heterocycles. The molecule has 7 rings (SSSR count). The van der Waals surface area contributed by atoms with Crippen molar-refractivity contribution in [2.45, 2.75) is 51.4 Å². The van der Waals surface area contributed by atoms with E-state index < -0.39 is 0 Å². The van der Waals surface area contributed by atoms with Gasteiger partial charge in [0.15, 0.2) is 0 Å². The average Bonchev–Trinajstić information content (AvgIpc) is 3.12. The van der Waals surface area contributed by atoms with Gasteiger partial charge >= 0.3 is 0 Å². The Bertz CT molecular complexity index is 1740. The fourth-order valence-electron chi connectivity index (χ4n) is 7.40. The molecule has 0 aliphatic heterocycles. The number of para-hydroxylation sites is 4. The molecule has 0 atom stereocenters. The quantitative estimate of drug-likeness (QED) is 0.172. The molecule has 0 amide bonds. The lowest BCUT2D eigenvalue weighted by Gasteiger charge is -2.39. The van der Waals surface area contributed by atoms with Crippen LogP contribution in [-0.4, -0.2) is 0 Å². The van der Waals surface area contributed by atoms with Gasteiger partial charge in [-0.05, 0) is 110 Å². The van der Waals surface area contributed by atoms with E-state index in [4.69, 9.17) is 0 Å². The highest BCUT2D eigenvalue weighted by molar-refractivity contribution is 5.79. The first kappa shape index (κ1) is 29.6. The third-order valence-corrected chi connectivity index (χ3v) is 9.80. The molecule has 6 aromatic carbocycles. The first-order valence-corrected chi connectivity index (χ1v) is 16.7. The minimum Gasteiger partial charge on any atom is -0.310 e. The zero-order chi connectivity index (χ0) is 31.3. The van der Waals surface area contributed by atoms with Crippen LogP contribution in [-0.2, 0) is 5.41 Å². The highest BCUT2D eigenvalue weighted by atomic mass is 15.1. The van der Waals surface area contributed by atoms with Crippen molar-refractivity contribution >= 4 is 34.1 Å². The monoisotopic (exact) mass is 598 g/mol. The lowest BCUT2D eigenvalue weighted by molar-refractivity contribution is 0.346. The summed E-state index contributed by atoms with van der Waals surface area (Å²) in [6.07, 6.45) is 6.16. The van der Waals surface area contributed by atoms with Gasteiger partial charge in [-0.1, -0.05) is 116 Å². The molecule has 0 heterocycles. The van der Waals surface area contributed by atoms with Crippen LogP contribution in [0.1, 0.15) is 54.4 Å². The van der Waals surface area contributed by atoms with Gasteiger partial charge in [0.25, 0.3) is 0 Å². The predicted molar refractivity (Wildman–Crippen MR) is 196 cm³/mol. The molecular weight excluding hydrogens is 556 g/mol. The Labute approximate surface area is 274 Å². The van der Waals surface area contributed by atoms with Crippen LogP contribution in [0.15, 0.2) is 158 Å². The van der Waals surface area contributed by atoms with Crippen LogP contribution in [0.3, 0.4) is 0 Å². The Morgan fingerprint density at radius 2 is 0.717 bits per heavy atom. The van der Waals surface area contributed by atoms with Gasteiger partial charge in [0.2, 0.25) is 0 Å². The molecule has 0 N–H and O–H groups in total. The molecule has 0 saturated heterocycles. The van der Waals surface area contributed by atoms with Gasteiger partial charge in [-0.2, -0.15) is 0 Å². The van der Waals surface area contributed by atoms with Crippen LogP contribution < -0.4 is 9.80 Å². The zero-order valence-electron chi connectivity index (χ0n) is 26.9. The highest BCUT2D eigenvalue weighted by Gasteiger charge is 2.36. The van der Waals surface area contributed by atoms with Crippen molar-refractivity contribution < 1.29 is 0 Å². The van der Waals surface area contributed by atoms with E-state index in [-0.39, 0.29) is 5.41 Å². The molecule has 1 aliphatic rings. The van der Waals surface area contributed by atoms with Crippen LogP contribution in [0.5, 0.6) is 0 Å². The van der Waals surface area contributed by atoms with E-state index in [1.165, 1.54) is 88.5 Å². The summed E-state index contributed by atoms with van der Waals surface area (Å²) in [5.41, 5.74) is 12.5. The third kappa shape index (κ3) is 5.72. The number of aryl methyl sites for hydroxylation is 2. The van der Waals surface area contributed by atoms with Crippen molar-refractivity contribution in [2.24, 2.45) is 0 Å².